The summed E-state index contributed by atoms with van der Waals surface area (Å²) in [5.74, 6) is 0. The highest BCUT2D eigenvalue weighted by Crippen LogP contribution is 2.21. The van der Waals surface area contributed by atoms with E-state index in [-0.39, 0.29) is 0 Å². The molecule has 0 fully saturated rings. The monoisotopic (exact) mass is 126 g/mol. The zero-order chi connectivity index (χ0) is 7.11. The van der Waals surface area contributed by atoms with Crippen molar-refractivity contribution in [2.75, 3.05) is 0 Å². The third-order valence-corrected chi connectivity index (χ3v) is 1.47. The largest absolute Gasteiger partial charge is 0.0850 e. The molecule has 0 amide bonds. The van der Waals surface area contributed by atoms with Crippen LogP contribution in [-0.2, 0) is 0 Å². The van der Waals surface area contributed by atoms with E-state index >= 15 is 0 Å². The molecule has 0 aromatic heterocycles. The molecule has 0 aromatic carbocycles. The van der Waals surface area contributed by atoms with Gasteiger partial charge in [0.1, 0.15) is 0 Å². The lowest BCUT2D eigenvalue weighted by Crippen LogP contribution is -1.91. The molecule has 0 nitrogen and oxygen atoms in total. The molecule has 1 rings (SSSR count). The van der Waals surface area contributed by atoms with Gasteiger partial charge in [-0.2, -0.15) is 0 Å². The molecule has 0 saturated carbocycles. The number of hydrogen-bond acceptors (Lipinski definition) is 0. The Hall–Kier alpha value is -0.260. The van der Waals surface area contributed by atoms with Gasteiger partial charge in [0.25, 0.3) is 0 Å². The Bertz CT molecular complexity index is 80.0. The van der Waals surface area contributed by atoms with Crippen molar-refractivity contribution in [2.24, 2.45) is 0 Å². The van der Waals surface area contributed by atoms with E-state index < -0.39 is 0 Å². The molecule has 0 spiro atoms. The zero-order valence-electron chi connectivity index (χ0n) is 6.91. The molecular weight excluding hydrogens is 108 g/mol. The van der Waals surface area contributed by atoms with Crippen LogP contribution in [0.5, 0.6) is 0 Å². The Morgan fingerprint density at radius 3 is 2.11 bits per heavy atom. The van der Waals surface area contributed by atoms with Gasteiger partial charge < -0.3 is 0 Å². The van der Waals surface area contributed by atoms with E-state index in [1.165, 1.54) is 25.7 Å². The Morgan fingerprint density at radius 1 is 1.44 bits per heavy atom. The summed E-state index contributed by atoms with van der Waals surface area (Å²) in [5, 5.41) is 0. The van der Waals surface area contributed by atoms with Crippen molar-refractivity contribution in [1.82, 2.24) is 0 Å². The third-order valence-electron chi connectivity index (χ3n) is 1.47. The van der Waals surface area contributed by atoms with Crippen LogP contribution < -0.4 is 0 Å². The zero-order valence-corrected chi connectivity index (χ0v) is 6.91. The van der Waals surface area contributed by atoms with Crippen molar-refractivity contribution >= 4 is 0 Å². The topological polar surface area (TPSA) is 0 Å². The van der Waals surface area contributed by atoms with Gasteiger partial charge in [0.2, 0.25) is 0 Å². The first-order valence-corrected chi connectivity index (χ1v) is 4.11. The summed E-state index contributed by atoms with van der Waals surface area (Å²) < 4.78 is 0. The fraction of sp³-hybridized carbons (Fsp3) is 0.778. The van der Waals surface area contributed by atoms with Gasteiger partial charge in [0.15, 0.2) is 0 Å². The van der Waals surface area contributed by atoms with E-state index in [1.807, 2.05) is 13.8 Å². The summed E-state index contributed by atoms with van der Waals surface area (Å²) in [6.07, 6.45) is 7.75. The maximum atomic E-state index is 2.35. The average Bonchev–Trinajstić information content (AvgIpc) is 1.84. The summed E-state index contributed by atoms with van der Waals surface area (Å²) >= 11 is 0. The number of rotatable bonds is 2. The molecule has 0 saturated heterocycles. The average molecular weight is 126 g/mol. The van der Waals surface area contributed by atoms with E-state index in [0.717, 1.165) is 0 Å². The summed E-state index contributed by atoms with van der Waals surface area (Å²) in [7, 11) is 0. The molecule has 54 valence electrons. The lowest BCUT2D eigenvalue weighted by molar-refractivity contribution is 0.763. The maximum Gasteiger partial charge on any atom is -0.0285 e. The van der Waals surface area contributed by atoms with Gasteiger partial charge in [-0.05, 0) is 19.3 Å². The summed E-state index contributed by atoms with van der Waals surface area (Å²) in [4.78, 5) is 0. The van der Waals surface area contributed by atoms with Gasteiger partial charge >= 0.3 is 0 Å². The molecule has 0 aliphatic heterocycles. The van der Waals surface area contributed by atoms with Gasteiger partial charge in [-0.1, -0.05) is 38.8 Å². The van der Waals surface area contributed by atoms with E-state index in [0.29, 0.717) is 0 Å². The van der Waals surface area contributed by atoms with E-state index in [1.54, 1.807) is 5.57 Å². The molecule has 0 bridgehead atoms. The summed E-state index contributed by atoms with van der Waals surface area (Å²) in [5.41, 5.74) is 1.68. The van der Waals surface area contributed by atoms with Crippen molar-refractivity contribution in [3.63, 3.8) is 0 Å². The van der Waals surface area contributed by atoms with Crippen LogP contribution in [0.3, 0.4) is 0 Å². The minimum absolute atomic E-state index is 1.33. The van der Waals surface area contributed by atoms with Crippen molar-refractivity contribution < 1.29 is 0 Å². The Balaban J connectivity index is 0.000000291. The van der Waals surface area contributed by atoms with Crippen LogP contribution in [0, 0.1) is 0 Å². The Labute approximate surface area is 59.0 Å². The SMILES string of the molecule is CC.CCCC1=CCC1. The van der Waals surface area contributed by atoms with Crippen LogP contribution in [0.2, 0.25) is 0 Å². The molecule has 0 heteroatoms. The second-order valence-electron chi connectivity index (χ2n) is 2.15. The highest BCUT2D eigenvalue weighted by molar-refractivity contribution is 5.11. The fourth-order valence-electron chi connectivity index (χ4n) is 0.897. The molecule has 0 radical (unpaired) electrons. The van der Waals surface area contributed by atoms with E-state index in [2.05, 4.69) is 13.0 Å². The van der Waals surface area contributed by atoms with Crippen molar-refractivity contribution in [3.8, 4) is 0 Å². The van der Waals surface area contributed by atoms with Crippen LogP contribution >= 0.6 is 0 Å². The first-order valence-electron chi connectivity index (χ1n) is 4.11. The highest BCUT2D eigenvalue weighted by atomic mass is 14.1. The number of allylic oxidation sites excluding steroid dienone is 2. The quantitative estimate of drug-likeness (QED) is 0.496. The van der Waals surface area contributed by atoms with Gasteiger partial charge in [0.05, 0.1) is 0 Å². The van der Waals surface area contributed by atoms with Crippen LogP contribution in [0.4, 0.5) is 0 Å². The second-order valence-corrected chi connectivity index (χ2v) is 2.15. The van der Waals surface area contributed by atoms with Gasteiger partial charge in [-0.15, -0.1) is 0 Å². The Morgan fingerprint density at radius 2 is 2.00 bits per heavy atom. The molecule has 0 N–H and O–H groups in total. The fourth-order valence-corrected chi connectivity index (χ4v) is 0.897. The molecule has 0 heterocycles. The standard InChI is InChI=1S/C7H12.C2H6/c1-2-4-7-5-3-6-7;1-2/h5H,2-4,6H2,1H3;1-2H3. The molecular formula is C9H18. The van der Waals surface area contributed by atoms with Gasteiger partial charge in [0, 0.05) is 0 Å². The maximum absolute atomic E-state index is 2.35. The van der Waals surface area contributed by atoms with Gasteiger partial charge in [-0.25, -0.2) is 0 Å². The van der Waals surface area contributed by atoms with Crippen molar-refractivity contribution in [2.45, 2.75) is 46.5 Å². The van der Waals surface area contributed by atoms with Gasteiger partial charge in [-0.3, -0.25) is 0 Å². The molecule has 1 aliphatic rings. The van der Waals surface area contributed by atoms with E-state index in [9.17, 15) is 0 Å². The molecule has 0 atom stereocenters. The first-order chi connectivity index (χ1) is 4.43. The lowest BCUT2D eigenvalue weighted by Gasteiger charge is -2.11. The minimum atomic E-state index is 1.33. The Kier molecular flexibility index (Phi) is 5.70. The van der Waals surface area contributed by atoms with Crippen LogP contribution in [0.25, 0.3) is 0 Å². The lowest BCUT2D eigenvalue weighted by atomic mass is 9.95. The van der Waals surface area contributed by atoms with E-state index in [4.69, 9.17) is 0 Å². The summed E-state index contributed by atoms with van der Waals surface area (Å²) in [6, 6.07) is 0. The third kappa shape index (κ3) is 3.34. The second kappa shape index (κ2) is 5.87. The predicted octanol–water partition coefficient (Wildman–Crippen LogP) is 3.53. The van der Waals surface area contributed by atoms with Crippen molar-refractivity contribution in [1.29, 1.82) is 0 Å². The van der Waals surface area contributed by atoms with Crippen LogP contribution in [-0.4, -0.2) is 0 Å². The number of hydrogen-bond donors (Lipinski definition) is 0. The smallest absolute Gasteiger partial charge is 0.0285 e. The summed E-state index contributed by atoms with van der Waals surface area (Å²) in [6.45, 7) is 6.24. The van der Waals surface area contributed by atoms with Crippen LogP contribution in [0.15, 0.2) is 11.6 Å². The highest BCUT2D eigenvalue weighted by Gasteiger charge is 2.01. The predicted molar refractivity (Wildman–Crippen MR) is 43.6 cm³/mol. The minimum Gasteiger partial charge on any atom is -0.0850 e. The molecule has 0 unspecified atom stereocenters. The normalized spacial score (nSPS) is 14.8. The molecule has 1 aliphatic carbocycles. The molecule has 0 aromatic rings. The first kappa shape index (κ1) is 8.74. The molecule has 9 heavy (non-hydrogen) atoms. The van der Waals surface area contributed by atoms with Crippen LogP contribution in [0.1, 0.15) is 46.5 Å². The van der Waals surface area contributed by atoms with Crippen molar-refractivity contribution in [3.05, 3.63) is 11.6 Å².